The number of hydrogen-bond donors (Lipinski definition) is 0. The van der Waals surface area contributed by atoms with E-state index in [1.165, 1.54) is 6.20 Å². The van der Waals surface area contributed by atoms with Crippen molar-refractivity contribution < 1.29 is 0 Å². The second kappa shape index (κ2) is 5.48. The van der Waals surface area contributed by atoms with E-state index in [-0.39, 0.29) is 0 Å². The maximum atomic E-state index is 8.65. The van der Waals surface area contributed by atoms with Gasteiger partial charge in [0.15, 0.2) is 5.69 Å². The van der Waals surface area contributed by atoms with E-state index in [4.69, 9.17) is 16.9 Å². The van der Waals surface area contributed by atoms with E-state index in [0.717, 1.165) is 5.56 Å². The molecule has 0 unspecified atom stereocenters. The van der Waals surface area contributed by atoms with Crippen LogP contribution >= 0.6 is 11.6 Å². The molecule has 2 aromatic rings. The highest BCUT2D eigenvalue weighted by Crippen LogP contribution is 2.15. The van der Waals surface area contributed by atoms with Gasteiger partial charge >= 0.3 is 0 Å². The Balaban J connectivity index is 2.12. The molecule has 1 heterocycles. The Labute approximate surface area is 110 Å². The van der Waals surface area contributed by atoms with Crippen molar-refractivity contribution in [2.24, 2.45) is 0 Å². The SMILES string of the molecule is CN(Cc1cccc(Cl)c1)c1cnc(C#N)cn1. The minimum Gasteiger partial charge on any atom is -0.354 e. The molecule has 0 amide bonds. The summed E-state index contributed by atoms with van der Waals surface area (Å²) in [6.07, 6.45) is 3.05. The summed E-state index contributed by atoms with van der Waals surface area (Å²) in [5.41, 5.74) is 1.41. The molecule has 18 heavy (non-hydrogen) atoms. The molecule has 1 aromatic heterocycles. The molecular weight excluding hydrogens is 248 g/mol. The largest absolute Gasteiger partial charge is 0.354 e. The fourth-order valence-electron chi connectivity index (χ4n) is 1.57. The van der Waals surface area contributed by atoms with Gasteiger partial charge in [-0.05, 0) is 17.7 Å². The van der Waals surface area contributed by atoms with Crippen LogP contribution in [0.2, 0.25) is 5.02 Å². The molecule has 0 saturated carbocycles. The maximum absolute atomic E-state index is 8.65. The quantitative estimate of drug-likeness (QED) is 0.849. The van der Waals surface area contributed by atoms with Crippen molar-refractivity contribution >= 4 is 17.4 Å². The van der Waals surface area contributed by atoms with E-state index >= 15 is 0 Å². The van der Waals surface area contributed by atoms with Crippen molar-refractivity contribution in [3.05, 3.63) is 52.9 Å². The highest BCUT2D eigenvalue weighted by atomic mass is 35.5. The molecule has 0 aliphatic rings. The number of aromatic nitrogens is 2. The van der Waals surface area contributed by atoms with Crippen LogP contribution in [-0.2, 0) is 6.54 Å². The molecule has 0 saturated heterocycles. The fraction of sp³-hybridized carbons (Fsp3) is 0.154. The molecule has 0 bridgehead atoms. The van der Waals surface area contributed by atoms with Gasteiger partial charge in [0, 0.05) is 18.6 Å². The molecule has 2 rings (SSSR count). The van der Waals surface area contributed by atoms with Gasteiger partial charge in [-0.25, -0.2) is 9.97 Å². The van der Waals surface area contributed by atoms with Crippen molar-refractivity contribution in [3.8, 4) is 6.07 Å². The molecule has 90 valence electrons. The number of nitrogens with zero attached hydrogens (tertiary/aromatic N) is 4. The summed E-state index contributed by atoms with van der Waals surface area (Å²) in [6, 6.07) is 9.60. The van der Waals surface area contributed by atoms with Gasteiger partial charge in [0.25, 0.3) is 0 Å². The molecule has 0 aliphatic heterocycles. The third-order valence-electron chi connectivity index (χ3n) is 2.45. The Morgan fingerprint density at radius 3 is 2.78 bits per heavy atom. The summed E-state index contributed by atoms with van der Waals surface area (Å²) in [5.74, 6) is 0.717. The Morgan fingerprint density at radius 1 is 1.33 bits per heavy atom. The monoisotopic (exact) mass is 258 g/mol. The Morgan fingerprint density at radius 2 is 2.17 bits per heavy atom. The molecule has 0 N–H and O–H groups in total. The topological polar surface area (TPSA) is 52.8 Å². The Bertz CT molecular complexity index is 574. The third-order valence-corrected chi connectivity index (χ3v) is 2.69. The van der Waals surface area contributed by atoms with Crippen LogP contribution in [0, 0.1) is 11.3 Å². The fourth-order valence-corrected chi connectivity index (χ4v) is 1.78. The molecule has 0 spiro atoms. The number of hydrogen-bond acceptors (Lipinski definition) is 4. The minimum atomic E-state index is 0.315. The molecule has 0 aliphatic carbocycles. The van der Waals surface area contributed by atoms with E-state index in [2.05, 4.69) is 9.97 Å². The molecule has 0 atom stereocenters. The van der Waals surface area contributed by atoms with Crippen molar-refractivity contribution in [1.29, 1.82) is 5.26 Å². The second-order valence-corrected chi connectivity index (χ2v) is 4.29. The smallest absolute Gasteiger partial charge is 0.158 e. The number of halogens is 1. The van der Waals surface area contributed by atoms with Crippen molar-refractivity contribution in [1.82, 2.24) is 9.97 Å². The highest BCUT2D eigenvalue weighted by Gasteiger charge is 2.04. The summed E-state index contributed by atoms with van der Waals surface area (Å²) < 4.78 is 0. The average molecular weight is 259 g/mol. The van der Waals surface area contributed by atoms with E-state index < -0.39 is 0 Å². The van der Waals surface area contributed by atoms with Crippen molar-refractivity contribution in [2.75, 3.05) is 11.9 Å². The van der Waals surface area contributed by atoms with E-state index in [1.807, 2.05) is 42.3 Å². The van der Waals surface area contributed by atoms with Gasteiger partial charge in [-0.2, -0.15) is 5.26 Å². The van der Waals surface area contributed by atoms with Crippen LogP contribution < -0.4 is 4.90 Å². The summed E-state index contributed by atoms with van der Waals surface area (Å²) >= 11 is 5.93. The lowest BCUT2D eigenvalue weighted by Gasteiger charge is -2.17. The molecule has 5 heteroatoms. The lowest BCUT2D eigenvalue weighted by molar-refractivity contribution is 0.888. The number of benzene rings is 1. The summed E-state index contributed by atoms with van der Waals surface area (Å²) in [7, 11) is 1.91. The normalized spacial score (nSPS) is 9.83. The maximum Gasteiger partial charge on any atom is 0.158 e. The summed E-state index contributed by atoms with van der Waals surface area (Å²) in [4.78, 5) is 10.1. The molecular formula is C13H11ClN4. The number of nitriles is 1. The van der Waals surface area contributed by atoms with Gasteiger partial charge in [-0.15, -0.1) is 0 Å². The van der Waals surface area contributed by atoms with E-state index in [1.54, 1.807) is 6.20 Å². The zero-order valence-corrected chi connectivity index (χ0v) is 10.6. The first-order valence-corrected chi connectivity index (χ1v) is 5.74. The first-order chi connectivity index (χ1) is 8.69. The van der Waals surface area contributed by atoms with E-state index in [0.29, 0.717) is 23.1 Å². The van der Waals surface area contributed by atoms with E-state index in [9.17, 15) is 0 Å². The third kappa shape index (κ3) is 2.96. The van der Waals surface area contributed by atoms with Gasteiger partial charge in [-0.3, -0.25) is 0 Å². The van der Waals surface area contributed by atoms with Crippen LogP contribution in [0.1, 0.15) is 11.3 Å². The summed E-state index contributed by atoms with van der Waals surface area (Å²) in [5, 5.41) is 9.37. The average Bonchev–Trinajstić information content (AvgIpc) is 2.39. The van der Waals surface area contributed by atoms with Gasteiger partial charge < -0.3 is 4.90 Å². The van der Waals surface area contributed by atoms with Gasteiger partial charge in [0.05, 0.1) is 12.4 Å². The predicted molar refractivity (Wildman–Crippen MR) is 70.3 cm³/mol. The van der Waals surface area contributed by atoms with Crippen LogP contribution in [0.4, 0.5) is 5.82 Å². The molecule has 0 radical (unpaired) electrons. The lowest BCUT2D eigenvalue weighted by atomic mass is 10.2. The molecule has 4 nitrogen and oxygen atoms in total. The van der Waals surface area contributed by atoms with Crippen LogP contribution in [0.15, 0.2) is 36.7 Å². The standard InChI is InChI=1S/C13H11ClN4/c1-18(9-10-3-2-4-11(14)5-10)13-8-16-12(6-15)7-17-13/h2-5,7-8H,9H2,1H3. The zero-order chi connectivity index (χ0) is 13.0. The van der Waals surface area contributed by atoms with Gasteiger partial charge in [-0.1, -0.05) is 23.7 Å². The zero-order valence-electron chi connectivity index (χ0n) is 9.84. The van der Waals surface area contributed by atoms with Crippen LogP contribution in [0.25, 0.3) is 0 Å². The van der Waals surface area contributed by atoms with Gasteiger partial charge in [0.2, 0.25) is 0 Å². The van der Waals surface area contributed by atoms with Crippen molar-refractivity contribution in [3.63, 3.8) is 0 Å². The predicted octanol–water partition coefficient (Wildman–Crippen LogP) is 2.64. The minimum absolute atomic E-state index is 0.315. The molecule has 1 aromatic carbocycles. The first kappa shape index (κ1) is 12.3. The Kier molecular flexibility index (Phi) is 3.75. The van der Waals surface area contributed by atoms with Gasteiger partial charge in [0.1, 0.15) is 11.9 Å². The molecule has 0 fully saturated rings. The number of anilines is 1. The van der Waals surface area contributed by atoms with Crippen LogP contribution in [-0.4, -0.2) is 17.0 Å². The van der Waals surface area contributed by atoms with Crippen molar-refractivity contribution in [2.45, 2.75) is 6.54 Å². The van der Waals surface area contributed by atoms with Crippen LogP contribution in [0.3, 0.4) is 0 Å². The summed E-state index contributed by atoms with van der Waals surface area (Å²) in [6.45, 7) is 0.682. The lowest BCUT2D eigenvalue weighted by Crippen LogP contribution is -2.17. The number of rotatable bonds is 3. The first-order valence-electron chi connectivity index (χ1n) is 5.37. The highest BCUT2D eigenvalue weighted by molar-refractivity contribution is 6.30. The Hall–Kier alpha value is -2.12. The second-order valence-electron chi connectivity index (χ2n) is 3.86. The van der Waals surface area contributed by atoms with Crippen LogP contribution in [0.5, 0.6) is 0 Å².